The minimum atomic E-state index is -0.350. The molecule has 2 aromatic heterocycles. The molecule has 1 fully saturated rings. The fourth-order valence-electron chi connectivity index (χ4n) is 3.96. The lowest BCUT2D eigenvalue weighted by atomic mass is 10.0. The van der Waals surface area contributed by atoms with Crippen molar-refractivity contribution < 1.29 is 14.1 Å². The molecule has 1 N–H and O–H groups in total. The summed E-state index contributed by atoms with van der Waals surface area (Å²) in [5, 5.41) is 7.11. The Morgan fingerprint density at radius 2 is 2.06 bits per heavy atom. The molecule has 7 nitrogen and oxygen atoms in total. The summed E-state index contributed by atoms with van der Waals surface area (Å²) in [5.74, 6) is 1.81. The van der Waals surface area contributed by atoms with Gasteiger partial charge in [-0.2, -0.15) is 4.98 Å². The van der Waals surface area contributed by atoms with Crippen LogP contribution in [-0.4, -0.2) is 27.1 Å². The number of rotatable bonds is 9. The molecule has 1 aliphatic rings. The molecule has 3 aromatic rings. The predicted molar refractivity (Wildman–Crippen MR) is 121 cm³/mol. The lowest BCUT2D eigenvalue weighted by molar-refractivity contribution is -0.122. The molecule has 2 heterocycles. The maximum Gasteiger partial charge on any atom is 0.249 e. The number of nitrogens with zero attached hydrogens (tertiary/aromatic N) is 3. The summed E-state index contributed by atoms with van der Waals surface area (Å²) >= 11 is 0. The number of aryl methyl sites for hydroxylation is 1. The van der Waals surface area contributed by atoms with Gasteiger partial charge in [-0.15, -0.1) is 0 Å². The Morgan fingerprint density at radius 1 is 1.22 bits per heavy atom. The van der Waals surface area contributed by atoms with Gasteiger partial charge in [-0.05, 0) is 67.9 Å². The van der Waals surface area contributed by atoms with Crippen LogP contribution in [0.5, 0.6) is 5.75 Å². The van der Waals surface area contributed by atoms with Crippen LogP contribution < -0.4 is 10.1 Å². The molecule has 1 amide bonds. The summed E-state index contributed by atoms with van der Waals surface area (Å²) < 4.78 is 11.5. The van der Waals surface area contributed by atoms with E-state index in [1.165, 1.54) is 12.8 Å². The van der Waals surface area contributed by atoms with Crippen molar-refractivity contribution in [1.29, 1.82) is 0 Å². The van der Waals surface area contributed by atoms with Gasteiger partial charge in [0.2, 0.25) is 17.6 Å². The number of carbonyl (C=O) groups is 1. The van der Waals surface area contributed by atoms with Gasteiger partial charge in [-0.1, -0.05) is 31.1 Å². The van der Waals surface area contributed by atoms with Crippen molar-refractivity contribution in [2.45, 2.75) is 64.5 Å². The molecule has 1 saturated carbocycles. The van der Waals surface area contributed by atoms with Gasteiger partial charge < -0.3 is 14.6 Å². The number of aromatic nitrogens is 3. The Bertz CT molecular complexity index is 1010. The molecule has 168 valence electrons. The summed E-state index contributed by atoms with van der Waals surface area (Å²) in [4.78, 5) is 21.3. The minimum Gasteiger partial charge on any atom is -0.490 e. The first-order valence-corrected chi connectivity index (χ1v) is 11.4. The zero-order chi connectivity index (χ0) is 22.3. The second-order valence-corrected chi connectivity index (χ2v) is 8.66. The fourth-order valence-corrected chi connectivity index (χ4v) is 3.96. The van der Waals surface area contributed by atoms with Crippen LogP contribution in [0.25, 0.3) is 11.4 Å². The van der Waals surface area contributed by atoms with E-state index in [1.807, 2.05) is 50.2 Å². The van der Waals surface area contributed by atoms with E-state index < -0.39 is 0 Å². The van der Waals surface area contributed by atoms with Gasteiger partial charge in [0.05, 0.1) is 6.10 Å². The van der Waals surface area contributed by atoms with E-state index in [-0.39, 0.29) is 17.9 Å². The highest BCUT2D eigenvalue weighted by Crippen LogP contribution is 2.26. The smallest absolute Gasteiger partial charge is 0.249 e. The Labute approximate surface area is 188 Å². The average molecular weight is 435 g/mol. The predicted octanol–water partition coefficient (Wildman–Crippen LogP) is 4.90. The SMILES string of the molecule is CC(C)C(NC(=O)CCc1cccc(OC2CCCC2)c1)c1nc(-c2cccnc2)no1. The van der Waals surface area contributed by atoms with Crippen LogP contribution in [0.3, 0.4) is 0 Å². The Hall–Kier alpha value is -3.22. The van der Waals surface area contributed by atoms with Gasteiger partial charge in [-0.3, -0.25) is 9.78 Å². The van der Waals surface area contributed by atoms with Crippen molar-refractivity contribution in [1.82, 2.24) is 20.4 Å². The molecule has 1 aromatic carbocycles. The molecular formula is C25H30N4O3. The molecule has 0 spiro atoms. The van der Waals surface area contributed by atoms with Crippen molar-refractivity contribution >= 4 is 5.91 Å². The van der Waals surface area contributed by atoms with Crippen molar-refractivity contribution in [2.75, 3.05) is 0 Å². The second kappa shape index (κ2) is 10.4. The van der Waals surface area contributed by atoms with Crippen molar-refractivity contribution in [3.05, 3.63) is 60.2 Å². The zero-order valence-corrected chi connectivity index (χ0v) is 18.7. The van der Waals surface area contributed by atoms with Crippen LogP contribution in [0.2, 0.25) is 0 Å². The number of pyridine rings is 1. The molecule has 0 saturated heterocycles. The number of hydrogen-bond donors (Lipinski definition) is 1. The molecule has 0 bridgehead atoms. The topological polar surface area (TPSA) is 90.1 Å². The largest absolute Gasteiger partial charge is 0.490 e. The first-order valence-electron chi connectivity index (χ1n) is 11.4. The van der Waals surface area contributed by atoms with Gasteiger partial charge in [0, 0.05) is 24.4 Å². The third-order valence-electron chi connectivity index (χ3n) is 5.75. The molecular weight excluding hydrogens is 404 g/mol. The van der Waals surface area contributed by atoms with Crippen LogP contribution in [0, 0.1) is 5.92 Å². The fraction of sp³-hybridized carbons (Fsp3) is 0.440. The molecule has 7 heteroatoms. The Kier molecular flexibility index (Phi) is 7.14. The van der Waals surface area contributed by atoms with Crippen LogP contribution in [-0.2, 0) is 11.2 Å². The lowest BCUT2D eigenvalue weighted by Gasteiger charge is -2.18. The molecule has 1 aliphatic carbocycles. The number of carbonyl (C=O) groups excluding carboxylic acids is 1. The number of amides is 1. The molecule has 1 unspecified atom stereocenters. The van der Waals surface area contributed by atoms with E-state index in [2.05, 4.69) is 20.4 Å². The quantitative estimate of drug-likeness (QED) is 0.515. The van der Waals surface area contributed by atoms with Gasteiger partial charge in [0.25, 0.3) is 0 Å². The van der Waals surface area contributed by atoms with Crippen LogP contribution >= 0.6 is 0 Å². The summed E-state index contributed by atoms with van der Waals surface area (Å²) in [6.45, 7) is 4.03. The maximum absolute atomic E-state index is 12.7. The minimum absolute atomic E-state index is 0.0491. The van der Waals surface area contributed by atoms with Gasteiger partial charge in [0.15, 0.2) is 0 Å². The van der Waals surface area contributed by atoms with Crippen LogP contribution in [0.1, 0.15) is 63.4 Å². The highest BCUT2D eigenvalue weighted by molar-refractivity contribution is 5.76. The van der Waals surface area contributed by atoms with E-state index in [0.717, 1.165) is 29.7 Å². The highest BCUT2D eigenvalue weighted by Gasteiger charge is 2.25. The number of ether oxygens (including phenoxy) is 1. The third kappa shape index (κ3) is 5.72. The Balaban J connectivity index is 1.34. The molecule has 0 radical (unpaired) electrons. The van der Waals surface area contributed by atoms with Gasteiger partial charge in [-0.25, -0.2) is 0 Å². The van der Waals surface area contributed by atoms with E-state index >= 15 is 0 Å². The summed E-state index contributed by atoms with van der Waals surface area (Å²) in [5.41, 5.74) is 1.87. The second-order valence-electron chi connectivity index (χ2n) is 8.66. The van der Waals surface area contributed by atoms with Crippen molar-refractivity contribution in [2.24, 2.45) is 5.92 Å². The summed E-state index contributed by atoms with van der Waals surface area (Å²) in [6, 6.07) is 11.4. The van der Waals surface area contributed by atoms with E-state index in [1.54, 1.807) is 12.4 Å². The average Bonchev–Trinajstić information content (AvgIpc) is 3.49. The number of hydrogen-bond acceptors (Lipinski definition) is 6. The van der Waals surface area contributed by atoms with Gasteiger partial charge in [0.1, 0.15) is 11.8 Å². The van der Waals surface area contributed by atoms with E-state index in [4.69, 9.17) is 9.26 Å². The normalized spacial score (nSPS) is 15.1. The maximum atomic E-state index is 12.7. The first kappa shape index (κ1) is 22.0. The van der Waals surface area contributed by atoms with E-state index in [9.17, 15) is 4.79 Å². The molecule has 1 atom stereocenters. The zero-order valence-electron chi connectivity index (χ0n) is 18.7. The summed E-state index contributed by atoms with van der Waals surface area (Å²) in [7, 11) is 0. The molecule has 32 heavy (non-hydrogen) atoms. The Morgan fingerprint density at radius 3 is 2.81 bits per heavy atom. The van der Waals surface area contributed by atoms with Crippen LogP contribution in [0.4, 0.5) is 0 Å². The van der Waals surface area contributed by atoms with Gasteiger partial charge >= 0.3 is 0 Å². The number of nitrogens with one attached hydrogen (secondary N) is 1. The number of benzene rings is 1. The highest BCUT2D eigenvalue weighted by atomic mass is 16.5. The van der Waals surface area contributed by atoms with Crippen molar-refractivity contribution in [3.8, 4) is 17.1 Å². The standard InChI is InChI=1S/C25H30N4O3/c1-17(2)23(25-28-24(29-32-25)19-8-6-14-26-16-19)27-22(30)13-12-18-7-5-11-21(15-18)31-20-9-3-4-10-20/h5-8,11,14-17,20,23H,3-4,9-10,12-13H2,1-2H3,(H,27,30). The first-order chi connectivity index (χ1) is 15.6. The van der Waals surface area contributed by atoms with E-state index in [0.29, 0.717) is 30.7 Å². The monoisotopic (exact) mass is 434 g/mol. The molecule has 4 rings (SSSR count). The lowest BCUT2D eigenvalue weighted by Crippen LogP contribution is -2.32. The van der Waals surface area contributed by atoms with Crippen LogP contribution in [0.15, 0.2) is 53.3 Å². The molecule has 0 aliphatic heterocycles. The summed E-state index contributed by atoms with van der Waals surface area (Å²) in [6.07, 6.45) is 9.45. The van der Waals surface area contributed by atoms with Crippen molar-refractivity contribution in [3.63, 3.8) is 0 Å². The third-order valence-corrected chi connectivity index (χ3v) is 5.75.